The van der Waals surface area contributed by atoms with Crippen LogP contribution in [0.25, 0.3) is 0 Å². The number of likely N-dealkylation sites (tertiary alicyclic amines) is 1. The molecule has 1 fully saturated rings. The number of aryl methyl sites for hydroxylation is 1. The first-order valence-electron chi connectivity index (χ1n) is 8.59. The summed E-state index contributed by atoms with van der Waals surface area (Å²) in [4.78, 5) is 14.4. The average Bonchev–Trinajstić information content (AvgIpc) is 2.63. The van der Waals surface area contributed by atoms with Crippen LogP contribution in [-0.4, -0.2) is 38.4 Å². The van der Waals surface area contributed by atoms with E-state index < -0.39 is 10.0 Å². The van der Waals surface area contributed by atoms with Gasteiger partial charge in [-0.25, -0.2) is 8.42 Å². The van der Waals surface area contributed by atoms with Gasteiger partial charge in [-0.1, -0.05) is 23.8 Å². The van der Waals surface area contributed by atoms with E-state index in [-0.39, 0.29) is 16.8 Å². The van der Waals surface area contributed by atoms with Crippen LogP contribution in [0.15, 0.2) is 53.4 Å². The molecule has 1 aliphatic heterocycles. The van der Waals surface area contributed by atoms with Gasteiger partial charge in [0.1, 0.15) is 0 Å². The lowest BCUT2D eigenvalue weighted by molar-refractivity contribution is 0.0708. The fourth-order valence-electron chi connectivity index (χ4n) is 3.01. The molecule has 1 atom stereocenters. The number of hydrogen-bond acceptors (Lipinski definition) is 4. The first-order chi connectivity index (χ1) is 12.3. The van der Waals surface area contributed by atoms with Crippen molar-refractivity contribution in [2.75, 3.05) is 17.8 Å². The van der Waals surface area contributed by atoms with Crippen LogP contribution in [0.1, 0.15) is 28.8 Å². The van der Waals surface area contributed by atoms with Gasteiger partial charge in [0.25, 0.3) is 15.9 Å². The Labute approximate surface area is 154 Å². The Kier molecular flexibility index (Phi) is 5.29. The van der Waals surface area contributed by atoms with E-state index in [4.69, 9.17) is 5.73 Å². The fraction of sp³-hybridized carbons (Fsp3) is 0.316. The normalized spacial score (nSPS) is 17.8. The number of nitrogens with one attached hydrogen (secondary N) is 1. The number of hydrogen-bond donors (Lipinski definition) is 2. The van der Waals surface area contributed by atoms with Crippen LogP contribution >= 0.6 is 0 Å². The molecule has 2 aromatic carbocycles. The third kappa shape index (κ3) is 4.23. The largest absolute Gasteiger partial charge is 0.337 e. The number of benzene rings is 2. The SMILES string of the molecule is Cc1ccc(NS(=O)(=O)c2cccc(C(=O)N3CCCC(N)C3)c2)cc1. The number of carbonyl (C=O) groups excluding carboxylic acids is 1. The molecule has 6 nitrogen and oxygen atoms in total. The lowest BCUT2D eigenvalue weighted by atomic mass is 10.1. The zero-order chi connectivity index (χ0) is 18.7. The molecule has 0 saturated carbocycles. The minimum absolute atomic E-state index is 0.0252. The van der Waals surface area contributed by atoms with E-state index in [2.05, 4.69) is 4.72 Å². The second kappa shape index (κ2) is 7.47. The second-order valence-corrected chi connectivity index (χ2v) is 8.34. The van der Waals surface area contributed by atoms with Crippen LogP contribution < -0.4 is 10.5 Å². The summed E-state index contributed by atoms with van der Waals surface area (Å²) in [6, 6.07) is 13.2. The highest BCUT2D eigenvalue weighted by Gasteiger charge is 2.23. The first-order valence-corrected chi connectivity index (χ1v) is 10.1. The Morgan fingerprint density at radius 2 is 1.92 bits per heavy atom. The van der Waals surface area contributed by atoms with Crippen molar-refractivity contribution in [2.24, 2.45) is 5.73 Å². The number of nitrogens with zero attached hydrogens (tertiary/aromatic N) is 1. The monoisotopic (exact) mass is 373 g/mol. The minimum atomic E-state index is -3.77. The Balaban J connectivity index is 1.81. The zero-order valence-electron chi connectivity index (χ0n) is 14.7. The smallest absolute Gasteiger partial charge is 0.261 e. The van der Waals surface area contributed by atoms with E-state index in [1.54, 1.807) is 29.2 Å². The Hall–Kier alpha value is -2.38. The molecule has 138 valence electrons. The second-order valence-electron chi connectivity index (χ2n) is 6.65. The molecule has 0 aliphatic carbocycles. The molecule has 0 radical (unpaired) electrons. The average molecular weight is 373 g/mol. The molecule has 3 rings (SSSR count). The van der Waals surface area contributed by atoms with E-state index in [0.29, 0.717) is 24.3 Å². The Morgan fingerprint density at radius 3 is 2.62 bits per heavy atom. The standard InChI is InChI=1S/C19H23N3O3S/c1-14-7-9-17(10-8-14)21-26(24,25)18-6-2-4-15(12-18)19(23)22-11-3-5-16(20)13-22/h2,4,6-10,12,16,21H,3,5,11,13,20H2,1H3. The van der Waals surface area contributed by atoms with Crippen molar-refractivity contribution in [1.29, 1.82) is 0 Å². The quantitative estimate of drug-likeness (QED) is 0.860. The fourth-order valence-corrected chi connectivity index (χ4v) is 4.11. The number of anilines is 1. The maximum Gasteiger partial charge on any atom is 0.261 e. The summed E-state index contributed by atoms with van der Waals surface area (Å²) < 4.78 is 27.8. The number of carbonyl (C=O) groups is 1. The summed E-state index contributed by atoms with van der Waals surface area (Å²) >= 11 is 0. The maximum absolute atomic E-state index is 12.7. The summed E-state index contributed by atoms with van der Waals surface area (Å²) in [5.74, 6) is -0.187. The van der Waals surface area contributed by atoms with Crippen molar-refractivity contribution in [3.05, 3.63) is 59.7 Å². The van der Waals surface area contributed by atoms with Gasteiger partial charge in [-0.05, 0) is 50.1 Å². The van der Waals surface area contributed by atoms with Crippen LogP contribution in [0, 0.1) is 6.92 Å². The molecule has 3 N–H and O–H groups in total. The van der Waals surface area contributed by atoms with E-state index >= 15 is 0 Å². The topological polar surface area (TPSA) is 92.5 Å². The summed E-state index contributed by atoms with van der Waals surface area (Å²) in [5, 5.41) is 0. The molecule has 0 aromatic heterocycles. The zero-order valence-corrected chi connectivity index (χ0v) is 15.5. The van der Waals surface area contributed by atoms with Crippen LogP contribution in [0.2, 0.25) is 0 Å². The van der Waals surface area contributed by atoms with Gasteiger partial charge >= 0.3 is 0 Å². The van der Waals surface area contributed by atoms with Gasteiger partial charge in [-0.3, -0.25) is 9.52 Å². The van der Waals surface area contributed by atoms with Crippen molar-refractivity contribution < 1.29 is 13.2 Å². The lowest BCUT2D eigenvalue weighted by Gasteiger charge is -2.30. The van der Waals surface area contributed by atoms with Gasteiger partial charge in [0.05, 0.1) is 4.90 Å². The minimum Gasteiger partial charge on any atom is -0.337 e. The highest BCUT2D eigenvalue weighted by atomic mass is 32.2. The van der Waals surface area contributed by atoms with E-state index in [1.807, 2.05) is 19.1 Å². The third-order valence-electron chi connectivity index (χ3n) is 4.44. The molecule has 1 heterocycles. The summed E-state index contributed by atoms with van der Waals surface area (Å²) in [6.07, 6.45) is 1.76. The number of rotatable bonds is 4. The van der Waals surface area contributed by atoms with E-state index in [0.717, 1.165) is 18.4 Å². The Bertz CT molecular complexity index is 895. The highest BCUT2D eigenvalue weighted by molar-refractivity contribution is 7.92. The molecule has 7 heteroatoms. The summed E-state index contributed by atoms with van der Waals surface area (Å²) in [5.41, 5.74) is 7.81. The van der Waals surface area contributed by atoms with Crippen molar-refractivity contribution in [2.45, 2.75) is 30.7 Å². The molecule has 26 heavy (non-hydrogen) atoms. The Morgan fingerprint density at radius 1 is 1.19 bits per heavy atom. The molecule has 1 saturated heterocycles. The molecule has 0 bridgehead atoms. The van der Waals surface area contributed by atoms with Gasteiger partial charge in [-0.2, -0.15) is 0 Å². The van der Waals surface area contributed by atoms with Crippen molar-refractivity contribution in [1.82, 2.24) is 4.90 Å². The molecule has 1 aliphatic rings. The van der Waals surface area contributed by atoms with Crippen molar-refractivity contribution in [3.8, 4) is 0 Å². The lowest BCUT2D eigenvalue weighted by Crippen LogP contribution is -2.45. The van der Waals surface area contributed by atoms with Crippen LogP contribution in [0.3, 0.4) is 0 Å². The maximum atomic E-state index is 12.7. The van der Waals surface area contributed by atoms with Crippen molar-refractivity contribution in [3.63, 3.8) is 0 Å². The van der Waals surface area contributed by atoms with Gasteiger partial charge in [0.15, 0.2) is 0 Å². The van der Waals surface area contributed by atoms with Crippen LogP contribution in [0.5, 0.6) is 0 Å². The van der Waals surface area contributed by atoms with Gasteiger partial charge in [0, 0.05) is 30.4 Å². The number of amides is 1. The molecular formula is C19H23N3O3S. The molecule has 2 aromatic rings. The van der Waals surface area contributed by atoms with Crippen molar-refractivity contribution >= 4 is 21.6 Å². The van der Waals surface area contributed by atoms with Crippen LogP contribution in [0.4, 0.5) is 5.69 Å². The number of sulfonamides is 1. The summed E-state index contributed by atoms with van der Waals surface area (Å²) in [7, 11) is -3.77. The van der Waals surface area contributed by atoms with Gasteiger partial charge in [-0.15, -0.1) is 0 Å². The predicted molar refractivity (Wildman–Crippen MR) is 102 cm³/mol. The highest BCUT2D eigenvalue weighted by Crippen LogP contribution is 2.19. The molecule has 1 unspecified atom stereocenters. The predicted octanol–water partition coefficient (Wildman–Crippen LogP) is 2.36. The third-order valence-corrected chi connectivity index (χ3v) is 5.82. The van der Waals surface area contributed by atoms with Gasteiger partial charge in [0.2, 0.25) is 0 Å². The summed E-state index contributed by atoms with van der Waals surface area (Å²) in [6.45, 7) is 3.07. The van der Waals surface area contributed by atoms with Gasteiger partial charge < -0.3 is 10.6 Å². The number of piperidine rings is 1. The molecule has 0 spiro atoms. The molecule has 1 amide bonds. The first kappa shape index (κ1) is 18.4. The number of nitrogens with two attached hydrogens (primary N) is 1. The van der Waals surface area contributed by atoms with Crippen LogP contribution in [-0.2, 0) is 10.0 Å². The van der Waals surface area contributed by atoms with E-state index in [9.17, 15) is 13.2 Å². The van der Waals surface area contributed by atoms with E-state index in [1.165, 1.54) is 12.1 Å². The molecular weight excluding hydrogens is 350 g/mol.